The third-order valence-electron chi connectivity index (χ3n) is 14.7. The number of thiophene rings is 2. The first kappa shape index (κ1) is 39.3. The summed E-state index contributed by atoms with van der Waals surface area (Å²) >= 11 is 5.68. The Bertz CT molecular complexity index is 4200. The zero-order chi connectivity index (χ0) is 45.2. The summed E-state index contributed by atoms with van der Waals surface area (Å²) in [4.78, 5) is 5.18. The Morgan fingerprint density at radius 3 is 1.75 bits per heavy atom. The number of nitrogens with zero attached hydrogens (tertiary/aromatic N) is 1. The summed E-state index contributed by atoms with van der Waals surface area (Å²) in [5, 5.41) is 7.64. The number of fused-ring (bicyclic) bond motifs is 16. The second-order valence-corrected chi connectivity index (χ2v) is 21.5. The third-order valence-corrected chi connectivity index (χ3v) is 18.2. The van der Waals surface area contributed by atoms with E-state index in [0.717, 1.165) is 11.4 Å². The summed E-state index contributed by atoms with van der Waals surface area (Å²) in [6.45, 7) is 0. The van der Waals surface area contributed by atoms with Gasteiger partial charge in [0.15, 0.2) is 0 Å². The maximum atomic E-state index is 2.59. The van der Waals surface area contributed by atoms with E-state index in [1.807, 2.05) is 34.4 Å². The molecule has 15 rings (SSSR count). The molecule has 0 saturated heterocycles. The Morgan fingerprint density at radius 2 is 0.928 bits per heavy atom. The number of benzene rings is 11. The lowest BCUT2D eigenvalue weighted by molar-refractivity contribution is 0.723. The molecule has 0 unspecified atom stereocenters. The van der Waals surface area contributed by atoms with Crippen molar-refractivity contribution >= 4 is 103 Å². The number of hydrogen-bond acceptors (Lipinski definition) is 4. The Hall–Kier alpha value is -7.73. The molecule has 2 aromatic heterocycles. The average Bonchev–Trinajstić information content (AvgIpc) is 4.08. The molecule has 1 spiro atoms. The van der Waals surface area contributed by atoms with Crippen LogP contribution in [0.4, 0.5) is 17.1 Å². The van der Waals surface area contributed by atoms with E-state index in [1.165, 1.54) is 122 Å². The minimum atomic E-state index is -0.558. The standard InChI is InChI=1S/C65H39NS3/c1-2-17-41(18-3-1)50-38-43(39-55-64(50)69-59-32-13-11-29-54(59)65(55)52-27-9-6-22-46(52)47-23-7-10-28-53(47)65)66(56-30-16-34-61-63(56)49-24-8-12-31-57(49)67-61)42-35-36-58-51(37-42)62-48(26-15-33-60(62)68-58)45-25-14-20-40-19-4-5-21-44(40)45/h1-39H. The molecule has 0 fully saturated rings. The molecule has 0 saturated carbocycles. The van der Waals surface area contributed by atoms with Gasteiger partial charge in [0.1, 0.15) is 0 Å². The van der Waals surface area contributed by atoms with Gasteiger partial charge in [0, 0.05) is 61.5 Å². The van der Waals surface area contributed by atoms with Crippen molar-refractivity contribution in [3.8, 4) is 33.4 Å². The maximum absolute atomic E-state index is 2.59. The minimum Gasteiger partial charge on any atom is -0.310 e. The summed E-state index contributed by atoms with van der Waals surface area (Å²) in [7, 11) is 0. The predicted octanol–water partition coefficient (Wildman–Crippen LogP) is 19.2. The molecule has 13 aromatic rings. The van der Waals surface area contributed by atoms with Crippen LogP contribution in [0, 0.1) is 0 Å². The third kappa shape index (κ3) is 5.65. The van der Waals surface area contributed by atoms with Crippen molar-refractivity contribution in [3.63, 3.8) is 0 Å². The molecule has 69 heavy (non-hydrogen) atoms. The van der Waals surface area contributed by atoms with Crippen LogP contribution in [0.3, 0.4) is 0 Å². The second kappa shape index (κ2) is 15.1. The Kier molecular flexibility index (Phi) is 8.62. The van der Waals surface area contributed by atoms with E-state index < -0.39 is 5.41 Å². The Morgan fingerprint density at radius 1 is 0.333 bits per heavy atom. The van der Waals surface area contributed by atoms with Crippen LogP contribution < -0.4 is 4.90 Å². The van der Waals surface area contributed by atoms with Crippen LogP contribution in [0.2, 0.25) is 0 Å². The van der Waals surface area contributed by atoms with Crippen LogP contribution >= 0.6 is 34.4 Å². The van der Waals surface area contributed by atoms with Crippen molar-refractivity contribution < 1.29 is 0 Å². The lowest BCUT2D eigenvalue weighted by Crippen LogP contribution is -2.32. The molecule has 0 atom stereocenters. The molecule has 1 aliphatic carbocycles. The van der Waals surface area contributed by atoms with Crippen LogP contribution in [0.15, 0.2) is 246 Å². The van der Waals surface area contributed by atoms with Crippen LogP contribution in [0.1, 0.15) is 22.3 Å². The number of rotatable bonds is 5. The van der Waals surface area contributed by atoms with E-state index in [9.17, 15) is 0 Å². The highest BCUT2D eigenvalue weighted by molar-refractivity contribution is 7.99. The van der Waals surface area contributed by atoms with E-state index in [4.69, 9.17) is 0 Å². The van der Waals surface area contributed by atoms with E-state index in [-0.39, 0.29) is 0 Å². The molecule has 322 valence electrons. The maximum Gasteiger partial charge on any atom is 0.0736 e. The zero-order valence-corrected chi connectivity index (χ0v) is 39.6. The van der Waals surface area contributed by atoms with Gasteiger partial charge in [-0.3, -0.25) is 0 Å². The molecule has 11 aromatic carbocycles. The monoisotopic (exact) mass is 929 g/mol. The molecule has 3 heterocycles. The Labute approximate surface area is 412 Å². The van der Waals surface area contributed by atoms with Crippen molar-refractivity contribution in [1.29, 1.82) is 0 Å². The van der Waals surface area contributed by atoms with Gasteiger partial charge in [-0.05, 0) is 127 Å². The molecule has 1 aliphatic heterocycles. The van der Waals surface area contributed by atoms with Gasteiger partial charge in [-0.15, -0.1) is 22.7 Å². The number of anilines is 3. The highest BCUT2D eigenvalue weighted by atomic mass is 32.2. The number of hydrogen-bond donors (Lipinski definition) is 0. The lowest BCUT2D eigenvalue weighted by Gasteiger charge is -2.41. The fourth-order valence-corrected chi connectivity index (χ4v) is 15.5. The van der Waals surface area contributed by atoms with Gasteiger partial charge in [-0.25, -0.2) is 0 Å². The summed E-state index contributed by atoms with van der Waals surface area (Å²) in [5.41, 5.74) is 15.7. The van der Waals surface area contributed by atoms with Crippen LogP contribution in [0.25, 0.3) is 84.5 Å². The smallest absolute Gasteiger partial charge is 0.0736 e. The van der Waals surface area contributed by atoms with E-state index >= 15 is 0 Å². The van der Waals surface area contributed by atoms with Gasteiger partial charge in [0.25, 0.3) is 0 Å². The summed E-state index contributed by atoms with van der Waals surface area (Å²) < 4.78 is 5.14. The summed E-state index contributed by atoms with van der Waals surface area (Å²) in [6, 6.07) is 89.0. The molecule has 0 amide bonds. The molecular weight excluding hydrogens is 891 g/mol. The van der Waals surface area contributed by atoms with Crippen molar-refractivity contribution in [2.45, 2.75) is 15.2 Å². The van der Waals surface area contributed by atoms with Gasteiger partial charge in [-0.1, -0.05) is 188 Å². The SMILES string of the molecule is c1ccc(-c2cc(N(c3ccc4sc5cccc(-c6cccc7ccccc67)c5c4c3)c3cccc4sc5ccccc5c34)cc3c2Sc2ccccc2C32c3ccccc3-c3ccccc32)cc1. The highest BCUT2D eigenvalue weighted by Crippen LogP contribution is 2.64. The van der Waals surface area contributed by atoms with E-state index in [1.54, 1.807) is 0 Å². The molecule has 1 nitrogen and oxygen atoms in total. The van der Waals surface area contributed by atoms with Gasteiger partial charge >= 0.3 is 0 Å². The molecule has 0 bridgehead atoms. The fraction of sp³-hybridized carbons (Fsp3) is 0.0154. The molecule has 4 heteroatoms. The Balaban J connectivity index is 1.07. The topological polar surface area (TPSA) is 3.24 Å². The van der Waals surface area contributed by atoms with Crippen LogP contribution in [-0.4, -0.2) is 0 Å². The van der Waals surface area contributed by atoms with Gasteiger partial charge in [0.05, 0.1) is 11.1 Å². The minimum absolute atomic E-state index is 0.558. The zero-order valence-electron chi connectivity index (χ0n) is 37.2. The first-order valence-corrected chi connectivity index (χ1v) is 26.0. The summed E-state index contributed by atoms with van der Waals surface area (Å²) in [6.07, 6.45) is 0. The van der Waals surface area contributed by atoms with Crippen molar-refractivity contribution in [2.24, 2.45) is 0 Å². The van der Waals surface area contributed by atoms with Gasteiger partial charge < -0.3 is 4.90 Å². The van der Waals surface area contributed by atoms with Crippen molar-refractivity contribution in [3.05, 3.63) is 259 Å². The lowest BCUT2D eigenvalue weighted by atomic mass is 9.67. The van der Waals surface area contributed by atoms with E-state index in [2.05, 4.69) is 241 Å². The second-order valence-electron chi connectivity index (χ2n) is 18.2. The molecule has 2 aliphatic rings. The molecule has 0 N–H and O–H groups in total. The van der Waals surface area contributed by atoms with Gasteiger partial charge in [-0.2, -0.15) is 0 Å². The van der Waals surface area contributed by atoms with Crippen LogP contribution in [0.5, 0.6) is 0 Å². The quantitative estimate of drug-likeness (QED) is 0.169. The van der Waals surface area contributed by atoms with Crippen LogP contribution in [-0.2, 0) is 5.41 Å². The first-order chi connectivity index (χ1) is 34.2. The summed E-state index contributed by atoms with van der Waals surface area (Å²) in [5.74, 6) is 0. The fourth-order valence-electron chi connectivity index (χ4n) is 11.9. The van der Waals surface area contributed by atoms with Gasteiger partial charge in [0.2, 0.25) is 0 Å². The average molecular weight is 930 g/mol. The largest absolute Gasteiger partial charge is 0.310 e. The first-order valence-electron chi connectivity index (χ1n) is 23.6. The molecule has 0 radical (unpaired) electrons. The highest BCUT2D eigenvalue weighted by Gasteiger charge is 2.51. The predicted molar refractivity (Wildman–Crippen MR) is 297 cm³/mol. The van der Waals surface area contributed by atoms with E-state index in [0.29, 0.717) is 0 Å². The molecular formula is C65H39NS3. The van der Waals surface area contributed by atoms with Crippen molar-refractivity contribution in [1.82, 2.24) is 0 Å². The van der Waals surface area contributed by atoms with Crippen molar-refractivity contribution in [2.75, 3.05) is 4.90 Å². The normalized spacial score (nSPS) is 13.3.